The zero-order chi connectivity index (χ0) is 33.8. The highest BCUT2D eigenvalue weighted by Gasteiger charge is 2.19. The number of rotatable bonds is 5. The van der Waals surface area contributed by atoms with Crippen molar-refractivity contribution in [2.45, 2.75) is 0 Å². The first-order chi connectivity index (χ1) is 21.2. The monoisotopic (exact) mass is 790 g/mol. The maximum absolute atomic E-state index is 14.0. The molecule has 0 saturated carbocycles. The number of benzene rings is 2. The Hall–Kier alpha value is -4.18. The lowest BCUT2D eigenvalue weighted by molar-refractivity contribution is 0.0585. The largest absolute Gasteiger partial charge is 0.478 e. The predicted octanol–water partition coefficient (Wildman–Crippen LogP) is 7.07. The summed E-state index contributed by atoms with van der Waals surface area (Å²) in [6, 6.07) is 11.3. The Bertz CT molecular complexity index is 1750. The summed E-state index contributed by atoms with van der Waals surface area (Å²) in [5.41, 5.74) is 5.75. The lowest BCUT2D eigenvalue weighted by Gasteiger charge is -2.09. The van der Waals surface area contributed by atoms with E-state index >= 15 is 0 Å². The smallest absolute Gasteiger partial charge is 0.356 e. The zero-order valence-electron chi connectivity index (χ0n) is 22.9. The van der Waals surface area contributed by atoms with Crippen LogP contribution in [0.1, 0.15) is 41.7 Å². The van der Waals surface area contributed by atoms with Crippen LogP contribution >= 0.6 is 55.1 Å². The van der Waals surface area contributed by atoms with E-state index in [1.165, 1.54) is 69.1 Å². The highest BCUT2D eigenvalue weighted by molar-refractivity contribution is 9.10. The number of carboxylic acid groups (broad SMARTS) is 1. The maximum atomic E-state index is 14.0. The fourth-order valence-electron chi connectivity index (χ4n) is 3.04. The van der Waals surface area contributed by atoms with Gasteiger partial charge in [0.05, 0.1) is 29.8 Å². The molecule has 2 heterocycles. The van der Waals surface area contributed by atoms with Gasteiger partial charge in [-0.25, -0.2) is 33.1 Å². The molecule has 2 aromatic carbocycles. The first-order valence-electron chi connectivity index (χ1n) is 11.9. The van der Waals surface area contributed by atoms with Gasteiger partial charge in [-0.15, -0.1) is 0 Å². The summed E-state index contributed by atoms with van der Waals surface area (Å²) in [5.74, 6) is -4.94. The van der Waals surface area contributed by atoms with Crippen molar-refractivity contribution in [2.75, 3.05) is 25.3 Å². The van der Waals surface area contributed by atoms with Gasteiger partial charge in [0.25, 0.3) is 5.91 Å². The number of nitrogens with two attached hydrogens (primary N) is 1. The number of anilines is 2. The molecule has 0 aliphatic heterocycles. The summed E-state index contributed by atoms with van der Waals surface area (Å²) < 4.78 is 36.3. The molecule has 0 spiro atoms. The van der Waals surface area contributed by atoms with Crippen molar-refractivity contribution in [3.05, 3.63) is 114 Å². The fraction of sp³-hybridized carbons (Fsp3) is 0.0714. The Morgan fingerprint density at radius 3 is 1.73 bits per heavy atom. The maximum Gasteiger partial charge on any atom is 0.356 e. The van der Waals surface area contributed by atoms with Crippen LogP contribution in [0.15, 0.2) is 69.9 Å². The fourth-order valence-corrected chi connectivity index (χ4v) is 4.32. The summed E-state index contributed by atoms with van der Waals surface area (Å²) in [6.45, 7) is 0. The third kappa shape index (κ3) is 10.5. The lowest BCUT2D eigenvalue weighted by atomic mass is 10.2. The van der Waals surface area contributed by atoms with Gasteiger partial charge in [-0.1, -0.05) is 23.2 Å². The number of hydrogen-bond acceptors (Lipinski definition) is 9. The van der Waals surface area contributed by atoms with Crippen LogP contribution in [0.3, 0.4) is 0 Å². The number of methoxy groups -OCH3 is 2. The van der Waals surface area contributed by atoms with Crippen molar-refractivity contribution in [2.24, 2.45) is 0 Å². The predicted molar refractivity (Wildman–Crippen MR) is 169 cm³/mol. The molecule has 0 aliphatic rings. The SMILES string of the molecule is COC(=O)c1cc(N)ccn1.COC(=O)c1cc(NC(=O)c2c(Br)ccc(Cl)c2F)ccn1.O=C(O)c1c(Br)ccc(Cl)c1F. The van der Waals surface area contributed by atoms with Crippen LogP contribution in [0.2, 0.25) is 10.0 Å². The average molecular weight is 793 g/mol. The van der Waals surface area contributed by atoms with Gasteiger partial charge in [0, 0.05) is 32.7 Å². The molecule has 17 heteroatoms. The van der Waals surface area contributed by atoms with Gasteiger partial charge in [0.1, 0.15) is 17.0 Å². The van der Waals surface area contributed by atoms with E-state index in [9.17, 15) is 28.0 Å². The second-order valence-electron chi connectivity index (χ2n) is 8.08. The van der Waals surface area contributed by atoms with Crippen LogP contribution in [0.5, 0.6) is 0 Å². The number of carboxylic acids is 1. The van der Waals surface area contributed by atoms with Gasteiger partial charge in [-0.2, -0.15) is 0 Å². The van der Waals surface area contributed by atoms with E-state index in [4.69, 9.17) is 34.0 Å². The highest BCUT2D eigenvalue weighted by Crippen LogP contribution is 2.27. The summed E-state index contributed by atoms with van der Waals surface area (Å²) in [4.78, 5) is 52.4. The molecule has 4 aromatic rings. The van der Waals surface area contributed by atoms with Crippen molar-refractivity contribution >= 4 is 90.3 Å². The average Bonchev–Trinajstić information content (AvgIpc) is 3.01. The van der Waals surface area contributed by atoms with Gasteiger partial charge in [0.2, 0.25) is 0 Å². The minimum Gasteiger partial charge on any atom is -0.478 e. The minimum atomic E-state index is -1.35. The first-order valence-corrected chi connectivity index (χ1v) is 14.2. The van der Waals surface area contributed by atoms with Crippen LogP contribution in [0, 0.1) is 11.6 Å². The molecule has 0 radical (unpaired) electrons. The third-order valence-electron chi connectivity index (χ3n) is 5.12. The number of nitrogen functional groups attached to an aromatic ring is 1. The van der Waals surface area contributed by atoms with Gasteiger partial charge in [-0.05, 0) is 80.4 Å². The number of halogens is 6. The molecule has 4 N–H and O–H groups in total. The number of amides is 1. The normalized spacial score (nSPS) is 9.87. The summed E-state index contributed by atoms with van der Waals surface area (Å²) >= 11 is 17.0. The van der Waals surface area contributed by atoms with Crippen molar-refractivity contribution in [1.82, 2.24) is 9.97 Å². The molecular formula is C28H20Br2Cl2F2N4O7. The number of pyridine rings is 2. The Kier molecular flexibility index (Phi) is 14.3. The minimum absolute atomic E-state index is 0.0194. The number of nitrogens with one attached hydrogen (secondary N) is 1. The molecule has 236 valence electrons. The molecular weight excluding hydrogens is 773 g/mol. The standard InChI is InChI=1S/C14H9BrClFN2O3.C7H3BrClFO2.C7H8N2O2/c1-22-14(21)10-6-7(4-5-18-10)19-13(20)11-8(15)2-3-9(16)12(11)17;8-3-1-2-4(9)6(10)5(3)7(11)12;1-11-7(10)6-4-5(8)2-3-9-6/h2-6H,1H3,(H,18,19,20);1-2H,(H,11,12);2-4H,1H3,(H2,8,9). The molecule has 0 atom stereocenters. The number of nitrogens with zero attached hydrogens (tertiary/aromatic N) is 2. The Morgan fingerprint density at radius 2 is 1.27 bits per heavy atom. The molecule has 0 saturated heterocycles. The molecule has 11 nitrogen and oxygen atoms in total. The first kappa shape index (κ1) is 37.0. The molecule has 0 fully saturated rings. The number of ether oxygens (including phenoxy) is 2. The van der Waals surface area contributed by atoms with Gasteiger partial charge in [-0.3, -0.25) is 4.79 Å². The quantitative estimate of drug-likeness (QED) is 0.140. The van der Waals surface area contributed by atoms with E-state index in [1.54, 1.807) is 6.07 Å². The molecule has 0 bridgehead atoms. The number of hydrogen-bond donors (Lipinski definition) is 3. The van der Waals surface area contributed by atoms with E-state index in [2.05, 4.69) is 56.6 Å². The molecule has 0 aliphatic carbocycles. The number of carbonyl (C=O) groups is 4. The number of carbonyl (C=O) groups excluding carboxylic acids is 3. The molecule has 2 aromatic heterocycles. The summed E-state index contributed by atoms with van der Waals surface area (Å²) in [7, 11) is 2.51. The van der Waals surface area contributed by atoms with E-state index in [0.717, 1.165) is 0 Å². The van der Waals surface area contributed by atoms with Crippen LogP contribution in [-0.4, -0.2) is 53.1 Å². The second-order valence-corrected chi connectivity index (χ2v) is 10.6. The van der Waals surface area contributed by atoms with Crippen LogP contribution in [-0.2, 0) is 9.47 Å². The lowest BCUT2D eigenvalue weighted by Crippen LogP contribution is -2.15. The number of esters is 2. The van der Waals surface area contributed by atoms with Crippen LogP contribution in [0.25, 0.3) is 0 Å². The van der Waals surface area contributed by atoms with Gasteiger partial charge >= 0.3 is 17.9 Å². The molecule has 45 heavy (non-hydrogen) atoms. The van der Waals surface area contributed by atoms with Crippen molar-refractivity contribution in [1.29, 1.82) is 0 Å². The van der Waals surface area contributed by atoms with E-state index in [1.807, 2.05) is 0 Å². The summed E-state index contributed by atoms with van der Waals surface area (Å²) in [5, 5.41) is 10.6. The zero-order valence-corrected chi connectivity index (χ0v) is 27.6. The molecule has 0 unspecified atom stereocenters. The van der Waals surface area contributed by atoms with Crippen molar-refractivity contribution < 1.29 is 42.5 Å². The van der Waals surface area contributed by atoms with Crippen LogP contribution < -0.4 is 11.1 Å². The third-order valence-corrected chi connectivity index (χ3v) is 7.03. The van der Waals surface area contributed by atoms with E-state index in [-0.39, 0.29) is 41.6 Å². The number of aromatic nitrogens is 2. The van der Waals surface area contributed by atoms with E-state index < -0.39 is 41.0 Å². The number of aromatic carboxylic acids is 1. The van der Waals surface area contributed by atoms with E-state index in [0.29, 0.717) is 5.69 Å². The highest BCUT2D eigenvalue weighted by atomic mass is 79.9. The Labute approximate surface area is 280 Å². The Morgan fingerprint density at radius 1 is 0.800 bits per heavy atom. The topological polar surface area (TPSA) is 171 Å². The van der Waals surface area contributed by atoms with Crippen molar-refractivity contribution in [3.63, 3.8) is 0 Å². The second kappa shape index (κ2) is 17.3. The summed E-state index contributed by atoms with van der Waals surface area (Å²) in [6.07, 6.45) is 2.78. The van der Waals surface area contributed by atoms with Gasteiger partial charge < -0.3 is 25.6 Å². The van der Waals surface area contributed by atoms with Crippen molar-refractivity contribution in [3.8, 4) is 0 Å². The Balaban J connectivity index is 0.000000259. The van der Waals surface area contributed by atoms with Gasteiger partial charge in [0.15, 0.2) is 11.6 Å². The van der Waals surface area contributed by atoms with Crippen LogP contribution in [0.4, 0.5) is 20.2 Å². The molecule has 1 amide bonds. The molecule has 4 rings (SSSR count).